The number of hydrogen-bond donors (Lipinski definition) is 3. The van der Waals surface area contributed by atoms with Gasteiger partial charge >= 0.3 is 5.97 Å². The normalized spacial score (nSPS) is 27.3. The number of esters is 1. The van der Waals surface area contributed by atoms with Crippen molar-refractivity contribution in [2.24, 2.45) is 11.3 Å². The van der Waals surface area contributed by atoms with Gasteiger partial charge in [0.05, 0.1) is 16.6 Å². The van der Waals surface area contributed by atoms with Crippen LogP contribution in [0.5, 0.6) is 0 Å². The first-order chi connectivity index (χ1) is 20.1. The van der Waals surface area contributed by atoms with Crippen LogP contribution in [0.4, 0.5) is 0 Å². The topological polar surface area (TPSA) is 130 Å². The van der Waals surface area contributed by atoms with Crippen LogP contribution >= 0.6 is 0 Å². The number of aromatic nitrogens is 1. The summed E-state index contributed by atoms with van der Waals surface area (Å²) in [4.78, 5) is 58.4. The third kappa shape index (κ3) is 6.18. The van der Waals surface area contributed by atoms with Crippen LogP contribution in [-0.2, 0) is 23.9 Å². The van der Waals surface area contributed by atoms with E-state index in [1.807, 2.05) is 56.3 Å². The van der Waals surface area contributed by atoms with Crippen LogP contribution in [0, 0.1) is 11.3 Å². The molecule has 2 aliphatic heterocycles. The maximum Gasteiger partial charge on any atom is 0.325 e. The molecule has 0 radical (unpaired) electrons. The van der Waals surface area contributed by atoms with E-state index in [2.05, 4.69) is 16.1 Å². The number of nitrogens with zero attached hydrogens (tertiary/aromatic N) is 2. The van der Waals surface area contributed by atoms with Crippen molar-refractivity contribution in [3.05, 3.63) is 47.7 Å². The average Bonchev–Trinajstić information content (AvgIpc) is 3.47. The molecular weight excluding hydrogens is 534 g/mol. The van der Waals surface area contributed by atoms with Crippen LogP contribution in [0.3, 0.4) is 0 Å². The third-order valence-electron chi connectivity index (χ3n) is 8.69. The molecule has 5 rings (SSSR count). The quantitative estimate of drug-likeness (QED) is 0.444. The molecule has 10 heteroatoms. The van der Waals surface area contributed by atoms with Gasteiger partial charge in [0, 0.05) is 11.9 Å². The molecule has 1 aliphatic carbocycles. The highest BCUT2D eigenvalue weighted by molar-refractivity contribution is 5.94. The van der Waals surface area contributed by atoms with Gasteiger partial charge in [-0.2, -0.15) is 0 Å². The fourth-order valence-corrected chi connectivity index (χ4v) is 6.06. The van der Waals surface area contributed by atoms with E-state index in [-0.39, 0.29) is 17.7 Å². The van der Waals surface area contributed by atoms with Gasteiger partial charge in [-0.15, -0.1) is 0 Å². The zero-order valence-corrected chi connectivity index (χ0v) is 24.8. The van der Waals surface area contributed by atoms with Crippen molar-refractivity contribution >= 4 is 40.7 Å². The summed E-state index contributed by atoms with van der Waals surface area (Å²) >= 11 is 0. The Balaban J connectivity index is 1.52. The molecule has 0 unspecified atom stereocenters. The minimum Gasteiger partial charge on any atom is -0.455 e. The predicted molar refractivity (Wildman–Crippen MR) is 158 cm³/mol. The number of amides is 3. The number of benzene rings is 1. The van der Waals surface area contributed by atoms with E-state index in [9.17, 15) is 19.2 Å². The second-order valence-electron chi connectivity index (χ2n) is 12.2. The molecule has 3 amide bonds. The van der Waals surface area contributed by atoms with E-state index in [4.69, 9.17) is 9.72 Å². The fraction of sp³-hybridized carbons (Fsp3) is 0.531. The van der Waals surface area contributed by atoms with Gasteiger partial charge in [-0.05, 0) is 63.1 Å². The van der Waals surface area contributed by atoms with Gasteiger partial charge in [-0.25, -0.2) is 10.4 Å². The van der Waals surface area contributed by atoms with Crippen LogP contribution in [0.1, 0.15) is 83.6 Å². The lowest BCUT2D eigenvalue weighted by molar-refractivity contribution is -0.157. The van der Waals surface area contributed by atoms with Crippen molar-refractivity contribution in [2.45, 2.75) is 90.4 Å². The Bertz CT molecular complexity index is 1400. The molecule has 42 heavy (non-hydrogen) atoms. The second-order valence-corrected chi connectivity index (χ2v) is 12.2. The van der Waals surface area contributed by atoms with E-state index >= 15 is 0 Å². The zero-order chi connectivity index (χ0) is 30.0. The number of carbonyl (C=O) groups excluding carboxylic acids is 4. The highest BCUT2D eigenvalue weighted by Crippen LogP contribution is 2.40. The van der Waals surface area contributed by atoms with Crippen LogP contribution in [0.2, 0.25) is 0 Å². The standard InChI is InChI=1S/C32H41N5O5/c1-19(2)27-28(38)33-20(3)29(39)37-17-7-8-25(36-37)30(40)42-21(4)24-12-11-23-10-9-22(18-26(23)34-24)13-16-32(31(41)35-27)14-5-6-15-32/h9-13,16,18-21,25,27,36H,5-8,14-15,17H2,1-4H3,(H,33,38)(H,35,41)/t20-,21+,25-,27-/m0/s1. The molecule has 3 N–H and O–H groups in total. The summed E-state index contributed by atoms with van der Waals surface area (Å²) in [5.41, 5.74) is 4.54. The number of cyclic esters (lactones) is 1. The van der Waals surface area contributed by atoms with Crippen molar-refractivity contribution in [3.63, 3.8) is 0 Å². The summed E-state index contributed by atoms with van der Waals surface area (Å²) < 4.78 is 5.78. The summed E-state index contributed by atoms with van der Waals surface area (Å²) in [6.07, 6.45) is 7.67. The number of carbonyl (C=O) groups is 4. The largest absolute Gasteiger partial charge is 0.455 e. The first-order valence-electron chi connectivity index (χ1n) is 15.1. The fourth-order valence-electron chi connectivity index (χ4n) is 6.06. The minimum atomic E-state index is -0.867. The maximum absolute atomic E-state index is 13.8. The van der Waals surface area contributed by atoms with Gasteiger partial charge in [0.2, 0.25) is 11.8 Å². The van der Waals surface area contributed by atoms with Gasteiger partial charge < -0.3 is 15.4 Å². The van der Waals surface area contributed by atoms with Crippen LogP contribution in [0.15, 0.2) is 36.4 Å². The molecule has 5 bridgehead atoms. The van der Waals surface area contributed by atoms with Crippen LogP contribution in [-0.4, -0.2) is 58.4 Å². The number of hydrazine groups is 1. The first-order valence-corrected chi connectivity index (χ1v) is 15.1. The van der Waals surface area contributed by atoms with E-state index in [0.717, 1.165) is 29.3 Å². The number of hydrogen-bond acceptors (Lipinski definition) is 7. The highest BCUT2D eigenvalue weighted by Gasteiger charge is 2.41. The molecule has 10 nitrogen and oxygen atoms in total. The highest BCUT2D eigenvalue weighted by atomic mass is 16.5. The number of fused-ring (bicyclic) bond motifs is 4. The maximum atomic E-state index is 13.8. The Morgan fingerprint density at radius 1 is 1.00 bits per heavy atom. The smallest absolute Gasteiger partial charge is 0.325 e. The second kappa shape index (κ2) is 12.2. The number of rotatable bonds is 1. The van der Waals surface area contributed by atoms with Gasteiger partial charge in [0.25, 0.3) is 5.91 Å². The summed E-state index contributed by atoms with van der Waals surface area (Å²) in [6.45, 7) is 7.52. The van der Waals surface area contributed by atoms with Crippen molar-refractivity contribution in [2.75, 3.05) is 6.54 Å². The van der Waals surface area contributed by atoms with Crippen LogP contribution in [0.25, 0.3) is 17.0 Å². The molecule has 224 valence electrons. The van der Waals surface area contributed by atoms with Gasteiger partial charge in [-0.3, -0.25) is 24.2 Å². The lowest BCUT2D eigenvalue weighted by Crippen LogP contribution is -2.61. The summed E-state index contributed by atoms with van der Waals surface area (Å²) in [5.74, 6) is -1.63. The molecule has 1 aromatic heterocycles. The Kier molecular flexibility index (Phi) is 8.63. The predicted octanol–water partition coefficient (Wildman–Crippen LogP) is 3.57. The minimum absolute atomic E-state index is 0.179. The summed E-state index contributed by atoms with van der Waals surface area (Å²) in [6, 6.07) is 7.36. The third-order valence-corrected chi connectivity index (χ3v) is 8.69. The van der Waals surface area contributed by atoms with Crippen molar-refractivity contribution < 1.29 is 23.9 Å². The Morgan fingerprint density at radius 2 is 1.74 bits per heavy atom. The summed E-state index contributed by atoms with van der Waals surface area (Å²) in [5, 5.41) is 8.14. The van der Waals surface area contributed by atoms with Crippen LogP contribution < -0.4 is 16.1 Å². The Labute approximate surface area is 246 Å². The average molecular weight is 576 g/mol. The first kappa shape index (κ1) is 29.7. The van der Waals surface area contributed by atoms with Gasteiger partial charge in [-0.1, -0.05) is 57.0 Å². The molecule has 2 aromatic rings. The lowest BCUT2D eigenvalue weighted by atomic mass is 9.83. The number of ether oxygens (including phenoxy) is 1. The van der Waals surface area contributed by atoms with E-state index in [0.29, 0.717) is 37.9 Å². The molecular formula is C32H41N5O5. The zero-order valence-electron chi connectivity index (χ0n) is 24.8. The molecule has 1 saturated heterocycles. The number of pyridine rings is 1. The van der Waals surface area contributed by atoms with E-state index in [1.165, 1.54) is 5.01 Å². The van der Waals surface area contributed by atoms with E-state index in [1.54, 1.807) is 13.8 Å². The Hall–Kier alpha value is -3.79. The molecule has 3 heterocycles. The summed E-state index contributed by atoms with van der Waals surface area (Å²) in [7, 11) is 0. The van der Waals surface area contributed by atoms with Crippen molar-refractivity contribution in [1.29, 1.82) is 0 Å². The lowest BCUT2D eigenvalue weighted by Gasteiger charge is -2.35. The molecule has 1 spiro atoms. The van der Waals surface area contributed by atoms with Crippen molar-refractivity contribution in [3.8, 4) is 0 Å². The van der Waals surface area contributed by atoms with E-state index < -0.39 is 41.5 Å². The molecule has 1 aromatic carbocycles. The monoisotopic (exact) mass is 575 g/mol. The SMILES string of the molecule is CC(C)[C@@H]1NC(=O)C2(C=Cc3ccc4ccc(nc4c3)[C@@H](C)OC(=O)[C@@H]3CCCN(N3)C(=O)[C@H](C)NC1=O)CCCC2. The molecule has 1 saturated carbocycles. The van der Waals surface area contributed by atoms with Crippen molar-refractivity contribution in [1.82, 2.24) is 26.1 Å². The number of nitrogens with one attached hydrogen (secondary N) is 3. The molecule has 2 fully saturated rings. The Morgan fingerprint density at radius 3 is 2.48 bits per heavy atom. The van der Waals surface area contributed by atoms with Gasteiger partial charge in [0.15, 0.2) is 0 Å². The van der Waals surface area contributed by atoms with Gasteiger partial charge in [0.1, 0.15) is 24.2 Å². The molecule has 3 aliphatic rings. The molecule has 4 atom stereocenters.